The van der Waals surface area contributed by atoms with Crippen LogP contribution in [0.2, 0.25) is 0 Å². The lowest BCUT2D eigenvalue weighted by atomic mass is 9.88. The molecule has 2 saturated heterocycles. The number of hydrogen-bond donors (Lipinski definition) is 0. The van der Waals surface area contributed by atoms with Gasteiger partial charge in [-0.25, -0.2) is 22.0 Å². The quantitative estimate of drug-likeness (QED) is 0.215. The van der Waals surface area contributed by atoms with E-state index in [0.717, 1.165) is 48.5 Å². The third kappa shape index (κ3) is 6.78. The Morgan fingerprint density at radius 2 is 1.37 bits per heavy atom. The molecule has 2 heterocycles. The van der Waals surface area contributed by atoms with Crippen LogP contribution in [0, 0.1) is 23.0 Å². The number of urea groups is 1. The van der Waals surface area contributed by atoms with Gasteiger partial charge in [-0.3, -0.25) is 4.79 Å². The SMILES string of the molecule is CC(=O)N1CCN(C(=O)N2CCC(c3ccc(C(OCc4ccc(F)cc4C#N)(C(F)(F)F)C(F)(F)F)cc3)(S(=O)(=O)c3ccc(F)cc3)C2)CC1. The molecule has 0 N–H and O–H groups in total. The monoisotopic (exact) mass is 758 g/mol. The van der Waals surface area contributed by atoms with E-state index in [1.54, 1.807) is 0 Å². The van der Waals surface area contributed by atoms with Crippen LogP contribution in [0.15, 0.2) is 71.6 Å². The average Bonchev–Trinajstić information content (AvgIpc) is 3.55. The van der Waals surface area contributed by atoms with Gasteiger partial charge in [-0.1, -0.05) is 30.3 Å². The first-order valence-corrected chi connectivity index (χ1v) is 17.1. The second-order valence-corrected chi connectivity index (χ2v) is 14.6. The molecule has 0 bridgehead atoms. The number of rotatable bonds is 7. The molecule has 3 aromatic carbocycles. The lowest BCUT2D eigenvalue weighted by molar-refractivity contribution is -0.392. The van der Waals surface area contributed by atoms with E-state index >= 15 is 0 Å². The molecule has 278 valence electrons. The highest BCUT2D eigenvalue weighted by atomic mass is 32.2. The van der Waals surface area contributed by atoms with Gasteiger partial charge in [0.2, 0.25) is 5.91 Å². The van der Waals surface area contributed by atoms with E-state index in [-0.39, 0.29) is 50.6 Å². The molecule has 3 aromatic rings. The molecule has 1 unspecified atom stereocenters. The highest BCUT2D eigenvalue weighted by molar-refractivity contribution is 7.92. The number of amides is 3. The fourth-order valence-corrected chi connectivity index (χ4v) is 8.59. The molecule has 18 heteroatoms. The van der Waals surface area contributed by atoms with Crippen molar-refractivity contribution in [1.29, 1.82) is 5.26 Å². The van der Waals surface area contributed by atoms with Crippen molar-refractivity contribution in [2.45, 2.75) is 47.5 Å². The van der Waals surface area contributed by atoms with E-state index < -0.39 is 84.9 Å². The number of halogens is 8. The largest absolute Gasteiger partial charge is 0.430 e. The van der Waals surface area contributed by atoms with Crippen molar-refractivity contribution in [1.82, 2.24) is 14.7 Å². The maximum atomic E-state index is 14.6. The minimum atomic E-state index is -6.15. The topological polar surface area (TPSA) is 111 Å². The molecular formula is C34H30F8N4O5S. The van der Waals surface area contributed by atoms with E-state index in [2.05, 4.69) is 4.74 Å². The molecule has 52 heavy (non-hydrogen) atoms. The Balaban J connectivity index is 1.56. The fraction of sp³-hybridized carbons (Fsp3) is 0.382. The van der Waals surface area contributed by atoms with E-state index in [0.29, 0.717) is 18.2 Å². The van der Waals surface area contributed by atoms with Gasteiger partial charge in [0.15, 0.2) is 9.84 Å². The Kier molecular flexibility index (Phi) is 10.4. The van der Waals surface area contributed by atoms with Crippen LogP contribution in [0.5, 0.6) is 0 Å². The average molecular weight is 759 g/mol. The van der Waals surface area contributed by atoms with Gasteiger partial charge in [0, 0.05) is 51.8 Å². The fourth-order valence-electron chi connectivity index (χ4n) is 6.52. The number of hydrogen-bond acceptors (Lipinski definition) is 6. The number of alkyl halides is 6. The Morgan fingerprint density at radius 3 is 1.90 bits per heavy atom. The van der Waals surface area contributed by atoms with Crippen LogP contribution in [0.3, 0.4) is 0 Å². The van der Waals surface area contributed by atoms with Gasteiger partial charge in [-0.05, 0) is 53.9 Å². The molecule has 2 aliphatic rings. The molecule has 0 aliphatic carbocycles. The van der Waals surface area contributed by atoms with Gasteiger partial charge in [-0.15, -0.1) is 0 Å². The van der Waals surface area contributed by atoms with Crippen molar-refractivity contribution >= 4 is 21.8 Å². The molecule has 5 rings (SSSR count). The van der Waals surface area contributed by atoms with Crippen molar-refractivity contribution in [3.05, 3.63) is 101 Å². The van der Waals surface area contributed by atoms with E-state index in [1.165, 1.54) is 27.7 Å². The number of sulfone groups is 1. The molecule has 2 aliphatic heterocycles. The Bertz CT molecular complexity index is 1960. The summed E-state index contributed by atoms with van der Waals surface area (Å²) >= 11 is 0. The summed E-state index contributed by atoms with van der Waals surface area (Å²) in [6.45, 7) is -0.0754. The third-order valence-electron chi connectivity index (χ3n) is 9.39. The summed E-state index contributed by atoms with van der Waals surface area (Å²) in [6.07, 6.45) is -12.6. The minimum absolute atomic E-state index is 0.131. The van der Waals surface area contributed by atoms with E-state index in [9.17, 15) is 58.4 Å². The maximum Gasteiger partial charge on any atom is 0.430 e. The molecule has 2 fully saturated rings. The number of carbonyl (C=O) groups excluding carboxylic acids is 2. The number of ether oxygens (including phenoxy) is 1. The molecule has 0 saturated carbocycles. The second kappa shape index (κ2) is 14.0. The van der Waals surface area contributed by atoms with Crippen LogP contribution in [0.4, 0.5) is 39.9 Å². The van der Waals surface area contributed by atoms with Gasteiger partial charge >= 0.3 is 18.4 Å². The molecule has 0 aromatic heterocycles. The standard InChI is InChI=1S/C34H30F8N4O5S/c1-22(47)44-14-16-45(17-15-44)30(48)46-13-12-31(21-46,52(49,50)29-10-8-27(35)9-11-29)25-3-5-26(6-4-25)32(33(37,38)39,34(40,41)42)51-20-23-2-7-28(36)18-24(23)19-43/h2-11,18H,12-17,20-21H2,1H3. The molecule has 9 nitrogen and oxygen atoms in total. The van der Waals surface area contributed by atoms with Crippen LogP contribution in [-0.2, 0) is 36.3 Å². The zero-order chi connectivity index (χ0) is 38.3. The van der Waals surface area contributed by atoms with Gasteiger partial charge < -0.3 is 19.4 Å². The normalized spacial score (nSPS) is 18.7. The number of benzene rings is 3. The van der Waals surface area contributed by atoms with Crippen LogP contribution < -0.4 is 0 Å². The van der Waals surface area contributed by atoms with Crippen LogP contribution >= 0.6 is 0 Å². The summed E-state index contributed by atoms with van der Waals surface area (Å²) < 4.78 is 146. The van der Waals surface area contributed by atoms with Gasteiger partial charge in [0.25, 0.3) is 5.60 Å². The predicted molar refractivity (Wildman–Crippen MR) is 167 cm³/mol. The summed E-state index contributed by atoms with van der Waals surface area (Å²) in [5, 5.41) is 9.26. The minimum Gasteiger partial charge on any atom is -0.349 e. The second-order valence-electron chi connectivity index (χ2n) is 12.4. The molecule has 3 amide bonds. The van der Waals surface area contributed by atoms with Crippen molar-refractivity contribution in [2.24, 2.45) is 0 Å². The van der Waals surface area contributed by atoms with E-state index in [1.807, 2.05) is 0 Å². The highest BCUT2D eigenvalue weighted by Gasteiger charge is 2.73. The maximum absolute atomic E-state index is 14.6. The summed E-state index contributed by atoms with van der Waals surface area (Å²) in [5.74, 6) is -1.93. The van der Waals surface area contributed by atoms with Crippen molar-refractivity contribution in [2.75, 3.05) is 39.3 Å². The zero-order valence-corrected chi connectivity index (χ0v) is 28.1. The Morgan fingerprint density at radius 1 is 0.808 bits per heavy atom. The number of likely N-dealkylation sites (tertiary alicyclic amines) is 1. The van der Waals surface area contributed by atoms with Gasteiger partial charge in [0.1, 0.15) is 16.4 Å². The first-order chi connectivity index (χ1) is 24.3. The summed E-state index contributed by atoms with van der Waals surface area (Å²) in [4.78, 5) is 29.0. The lowest BCUT2D eigenvalue weighted by Gasteiger charge is -2.38. The Labute approximate surface area is 292 Å². The number of nitrogens with zero attached hydrogens (tertiary/aromatic N) is 4. The van der Waals surface area contributed by atoms with Crippen molar-refractivity contribution in [3.63, 3.8) is 0 Å². The van der Waals surface area contributed by atoms with E-state index in [4.69, 9.17) is 0 Å². The van der Waals surface area contributed by atoms with Gasteiger partial charge in [0.05, 0.1) is 23.1 Å². The number of nitriles is 1. The number of piperazine rings is 1. The van der Waals surface area contributed by atoms with Crippen LogP contribution in [0.25, 0.3) is 0 Å². The molecular weight excluding hydrogens is 728 g/mol. The molecule has 0 spiro atoms. The third-order valence-corrected chi connectivity index (χ3v) is 11.9. The first-order valence-electron chi connectivity index (χ1n) is 15.6. The highest BCUT2D eigenvalue weighted by Crippen LogP contribution is 2.54. The smallest absolute Gasteiger partial charge is 0.349 e. The number of carbonyl (C=O) groups is 2. The first kappa shape index (κ1) is 38.5. The molecule has 1 atom stereocenters. The van der Waals surface area contributed by atoms with Crippen LogP contribution in [-0.4, -0.2) is 86.7 Å². The summed E-state index contributed by atoms with van der Waals surface area (Å²) in [7, 11) is -4.62. The predicted octanol–water partition coefficient (Wildman–Crippen LogP) is 6.03. The molecule has 0 radical (unpaired) electrons. The van der Waals surface area contributed by atoms with Gasteiger partial charge in [-0.2, -0.15) is 31.6 Å². The summed E-state index contributed by atoms with van der Waals surface area (Å²) in [6, 6.07) is 9.17. The zero-order valence-electron chi connectivity index (χ0n) is 27.3. The summed E-state index contributed by atoms with van der Waals surface area (Å²) in [5.41, 5.74) is -7.72. The van der Waals surface area contributed by atoms with Crippen LogP contribution in [0.1, 0.15) is 35.6 Å². The Hall–Kier alpha value is -4.76. The van der Waals surface area contributed by atoms with Crippen molar-refractivity contribution < 1.29 is 57.9 Å². The lowest BCUT2D eigenvalue weighted by Crippen LogP contribution is -2.56. The van der Waals surface area contributed by atoms with Crippen molar-refractivity contribution in [3.8, 4) is 6.07 Å².